The summed E-state index contributed by atoms with van der Waals surface area (Å²) in [5.74, 6) is 0.921. The van der Waals surface area contributed by atoms with E-state index < -0.39 is 0 Å². The maximum absolute atomic E-state index is 3.41. The predicted octanol–water partition coefficient (Wildman–Crippen LogP) is 0.159. The Bertz CT molecular complexity index is 115. The molecule has 0 bridgehead atoms. The molecular formula is C7H14N2Si3. The van der Waals surface area contributed by atoms with Crippen LogP contribution < -0.4 is 4.98 Å². The molecule has 8 radical (unpaired) electrons. The van der Waals surface area contributed by atoms with E-state index in [0.29, 0.717) is 9.84 Å². The molecule has 0 amide bonds. The molecule has 0 aromatic carbocycles. The summed E-state index contributed by atoms with van der Waals surface area (Å²) in [7, 11) is 7.31. The maximum Gasteiger partial charge on any atom is 0.232 e. The van der Waals surface area contributed by atoms with Crippen LogP contribution in [0.1, 0.15) is 32.1 Å². The SMILES string of the molecule is [Si]N([Si])[Si]NCC1CCCCC1. The van der Waals surface area contributed by atoms with Crippen molar-refractivity contribution in [2.24, 2.45) is 5.92 Å². The summed E-state index contributed by atoms with van der Waals surface area (Å²) in [6.07, 6.45) is 7.14. The third-order valence-corrected chi connectivity index (χ3v) is 3.56. The van der Waals surface area contributed by atoms with Crippen LogP contribution in [-0.2, 0) is 0 Å². The summed E-state index contributed by atoms with van der Waals surface area (Å²) in [6.45, 7) is 1.17. The maximum atomic E-state index is 3.41. The van der Waals surface area contributed by atoms with Gasteiger partial charge in [-0.1, -0.05) is 19.3 Å². The van der Waals surface area contributed by atoms with Gasteiger partial charge in [-0.05, 0) is 25.3 Å². The molecular weight excluding hydrogens is 196 g/mol. The van der Waals surface area contributed by atoms with Gasteiger partial charge in [0.25, 0.3) is 0 Å². The highest BCUT2D eigenvalue weighted by Crippen LogP contribution is 2.22. The molecule has 0 aromatic heterocycles. The molecule has 0 unspecified atom stereocenters. The quantitative estimate of drug-likeness (QED) is 0.665. The third kappa shape index (κ3) is 4.56. The molecule has 1 aliphatic carbocycles. The highest BCUT2D eigenvalue weighted by Gasteiger charge is 2.12. The van der Waals surface area contributed by atoms with Gasteiger partial charge in [0.05, 0.1) is 0 Å². The van der Waals surface area contributed by atoms with Gasteiger partial charge in [-0.3, -0.25) is 0 Å². The van der Waals surface area contributed by atoms with Gasteiger partial charge >= 0.3 is 0 Å². The summed E-state index contributed by atoms with van der Waals surface area (Å²) in [4.78, 5) is 3.41. The van der Waals surface area contributed by atoms with Crippen molar-refractivity contribution in [2.75, 3.05) is 6.54 Å². The smallest absolute Gasteiger partial charge is 0.232 e. The van der Waals surface area contributed by atoms with E-state index in [1.54, 1.807) is 0 Å². The van der Waals surface area contributed by atoms with Crippen molar-refractivity contribution in [1.29, 1.82) is 0 Å². The second kappa shape index (κ2) is 6.09. The second-order valence-electron chi connectivity index (χ2n) is 3.33. The lowest BCUT2D eigenvalue weighted by Gasteiger charge is -2.22. The van der Waals surface area contributed by atoms with E-state index in [2.05, 4.69) is 25.8 Å². The highest BCUT2D eigenvalue weighted by molar-refractivity contribution is 6.51. The Kier molecular flexibility index (Phi) is 5.40. The molecule has 1 rings (SSSR count). The first-order valence-corrected chi connectivity index (χ1v) is 6.34. The van der Waals surface area contributed by atoms with Gasteiger partial charge in [0.2, 0.25) is 9.84 Å². The van der Waals surface area contributed by atoms with Crippen molar-refractivity contribution in [3.63, 3.8) is 0 Å². The minimum atomic E-state index is 0.623. The van der Waals surface area contributed by atoms with Gasteiger partial charge in [0, 0.05) is 0 Å². The zero-order chi connectivity index (χ0) is 8.81. The van der Waals surface area contributed by atoms with E-state index in [-0.39, 0.29) is 0 Å². The summed E-state index contributed by atoms with van der Waals surface area (Å²) < 4.78 is 1.82. The molecule has 1 N–H and O–H groups in total. The molecule has 1 aliphatic rings. The number of rotatable bonds is 4. The molecule has 0 aliphatic heterocycles. The van der Waals surface area contributed by atoms with E-state index in [1.807, 2.05) is 3.90 Å². The molecule has 0 saturated heterocycles. The van der Waals surface area contributed by atoms with E-state index in [9.17, 15) is 0 Å². The topological polar surface area (TPSA) is 15.3 Å². The van der Waals surface area contributed by atoms with Gasteiger partial charge < -0.3 is 8.88 Å². The van der Waals surface area contributed by atoms with Gasteiger partial charge in [-0.25, -0.2) is 0 Å². The molecule has 0 spiro atoms. The van der Waals surface area contributed by atoms with Crippen molar-refractivity contribution in [3.8, 4) is 0 Å². The van der Waals surface area contributed by atoms with Crippen LogP contribution in [0.5, 0.6) is 0 Å². The molecule has 0 aromatic rings. The van der Waals surface area contributed by atoms with Gasteiger partial charge in [0.15, 0.2) is 0 Å². The monoisotopic (exact) mass is 210 g/mol. The summed E-state index contributed by atoms with van der Waals surface area (Å²) in [6, 6.07) is 0. The summed E-state index contributed by atoms with van der Waals surface area (Å²) >= 11 is 0. The summed E-state index contributed by atoms with van der Waals surface area (Å²) in [5.41, 5.74) is 0. The van der Waals surface area contributed by atoms with Gasteiger partial charge in [-0.2, -0.15) is 0 Å². The van der Waals surface area contributed by atoms with Crippen molar-refractivity contribution in [1.82, 2.24) is 8.88 Å². The lowest BCUT2D eigenvalue weighted by Crippen LogP contribution is -2.37. The standard InChI is InChI=1S/C7H14N2Si3/c10-9(11)12-8-6-7-4-2-1-3-5-7/h7-8H,1-6H2. The lowest BCUT2D eigenvalue weighted by atomic mass is 9.90. The first-order chi connectivity index (χ1) is 5.79. The van der Waals surface area contributed by atoms with Gasteiger partial charge in [-0.15, -0.1) is 0 Å². The van der Waals surface area contributed by atoms with E-state index in [1.165, 1.54) is 38.6 Å². The molecule has 5 heteroatoms. The Hall–Kier alpha value is 0.571. The first kappa shape index (κ1) is 10.7. The molecule has 64 valence electrons. The van der Waals surface area contributed by atoms with Crippen LogP contribution >= 0.6 is 0 Å². The van der Waals surface area contributed by atoms with Gasteiger partial charge in [0.1, 0.15) is 20.8 Å². The van der Waals surface area contributed by atoms with Crippen molar-refractivity contribution in [2.45, 2.75) is 32.1 Å². The molecule has 12 heavy (non-hydrogen) atoms. The Morgan fingerprint density at radius 2 is 1.92 bits per heavy atom. The Labute approximate surface area is 84.5 Å². The first-order valence-electron chi connectivity index (χ1n) is 4.50. The van der Waals surface area contributed by atoms with E-state index >= 15 is 0 Å². The Balaban J connectivity index is 1.98. The second-order valence-corrected chi connectivity index (χ2v) is 6.59. The van der Waals surface area contributed by atoms with E-state index in [0.717, 1.165) is 5.92 Å². The zero-order valence-corrected chi connectivity index (χ0v) is 10.3. The molecule has 1 fully saturated rings. The normalized spacial score (nSPS) is 20.2. The van der Waals surface area contributed by atoms with E-state index in [4.69, 9.17) is 0 Å². The van der Waals surface area contributed by atoms with Crippen LogP contribution in [0.4, 0.5) is 0 Å². The number of nitrogens with zero attached hydrogens (tertiary/aromatic N) is 1. The number of nitrogens with one attached hydrogen (secondary N) is 1. The third-order valence-electron chi connectivity index (χ3n) is 2.31. The van der Waals surface area contributed by atoms with Crippen LogP contribution in [0.25, 0.3) is 0 Å². The molecule has 1 saturated carbocycles. The molecule has 2 nitrogen and oxygen atoms in total. The average Bonchev–Trinajstić information content (AvgIpc) is 2.05. The van der Waals surface area contributed by atoms with Crippen LogP contribution in [-0.4, -0.2) is 41.1 Å². The molecule has 0 heterocycles. The van der Waals surface area contributed by atoms with Crippen LogP contribution in [0.15, 0.2) is 0 Å². The fourth-order valence-electron chi connectivity index (χ4n) is 1.66. The fraction of sp³-hybridized carbons (Fsp3) is 1.00. The minimum absolute atomic E-state index is 0.623. The molecule has 0 atom stereocenters. The van der Waals surface area contributed by atoms with Crippen molar-refractivity contribution < 1.29 is 0 Å². The summed E-state index contributed by atoms with van der Waals surface area (Å²) in [5, 5.41) is 0. The number of hydrogen-bond acceptors (Lipinski definition) is 2. The number of hydrogen-bond donors (Lipinski definition) is 1. The van der Waals surface area contributed by atoms with Crippen LogP contribution in [0.2, 0.25) is 0 Å². The average molecular weight is 210 g/mol. The Morgan fingerprint density at radius 3 is 2.50 bits per heavy atom. The largest absolute Gasteiger partial charge is 0.364 e. The Morgan fingerprint density at radius 1 is 1.25 bits per heavy atom. The zero-order valence-electron chi connectivity index (χ0n) is 7.27. The highest BCUT2D eigenvalue weighted by atomic mass is 28.3. The van der Waals surface area contributed by atoms with Crippen molar-refractivity contribution in [3.05, 3.63) is 0 Å². The fourth-order valence-corrected chi connectivity index (χ4v) is 2.67. The predicted molar refractivity (Wildman–Crippen MR) is 53.7 cm³/mol. The van der Waals surface area contributed by atoms with Crippen LogP contribution in [0, 0.1) is 5.92 Å². The minimum Gasteiger partial charge on any atom is -0.364 e. The lowest BCUT2D eigenvalue weighted by molar-refractivity contribution is 0.358. The van der Waals surface area contributed by atoms with Crippen molar-refractivity contribution >= 4 is 30.7 Å². The van der Waals surface area contributed by atoms with Crippen LogP contribution in [0.3, 0.4) is 0 Å².